The minimum absolute atomic E-state index is 0.0175. The molecule has 0 spiro atoms. The Bertz CT molecular complexity index is 929. The van der Waals surface area contributed by atoms with E-state index in [0.29, 0.717) is 29.9 Å². The molecule has 0 amide bonds. The minimum Gasteiger partial charge on any atom is -0.463 e. The summed E-state index contributed by atoms with van der Waals surface area (Å²) in [6, 6.07) is 0. The van der Waals surface area contributed by atoms with Crippen molar-refractivity contribution in [2.45, 2.75) is 99.0 Å². The van der Waals surface area contributed by atoms with Crippen LogP contribution in [0.15, 0.2) is 22.7 Å². The topological polar surface area (TPSA) is 78.9 Å². The van der Waals surface area contributed by atoms with Gasteiger partial charge in [0.1, 0.15) is 17.6 Å². The van der Waals surface area contributed by atoms with E-state index in [0.717, 1.165) is 50.7 Å². The molecule has 4 aliphatic carbocycles. The van der Waals surface area contributed by atoms with Crippen molar-refractivity contribution in [2.24, 2.45) is 28.6 Å². The minimum atomic E-state index is -0.295. The molecule has 0 bridgehead atoms. The van der Waals surface area contributed by atoms with Crippen molar-refractivity contribution < 1.29 is 28.6 Å². The lowest BCUT2D eigenvalue weighted by Crippen LogP contribution is -2.49. The van der Waals surface area contributed by atoms with Gasteiger partial charge in [-0.3, -0.25) is 14.4 Å². The lowest BCUT2D eigenvalue weighted by molar-refractivity contribution is -0.151. The molecule has 0 aromatic heterocycles. The number of carbonyl (C=O) groups excluding carboxylic acids is 3. The van der Waals surface area contributed by atoms with Crippen LogP contribution < -0.4 is 0 Å². The Morgan fingerprint density at radius 2 is 1.61 bits per heavy atom. The Morgan fingerprint density at radius 1 is 0.879 bits per heavy atom. The molecule has 0 heterocycles. The van der Waals surface area contributed by atoms with Crippen LogP contribution in [0.25, 0.3) is 0 Å². The highest BCUT2D eigenvalue weighted by molar-refractivity contribution is 5.68. The predicted molar refractivity (Wildman–Crippen MR) is 122 cm³/mol. The third kappa shape index (κ3) is 4.15. The molecule has 6 nitrogen and oxygen atoms in total. The van der Waals surface area contributed by atoms with Crippen LogP contribution in [0.1, 0.15) is 92.9 Å². The van der Waals surface area contributed by atoms with E-state index in [1.807, 2.05) is 6.92 Å². The zero-order chi connectivity index (χ0) is 24.1. The number of esters is 3. The van der Waals surface area contributed by atoms with Crippen molar-refractivity contribution in [3.63, 3.8) is 0 Å². The largest absolute Gasteiger partial charge is 0.463 e. The van der Waals surface area contributed by atoms with Crippen molar-refractivity contribution in [2.75, 3.05) is 0 Å². The van der Waals surface area contributed by atoms with Gasteiger partial charge in [-0.25, -0.2) is 0 Å². The van der Waals surface area contributed by atoms with Crippen molar-refractivity contribution >= 4 is 17.9 Å². The van der Waals surface area contributed by atoms with Crippen molar-refractivity contribution in [1.29, 1.82) is 0 Å². The quantitative estimate of drug-likeness (QED) is 0.311. The number of allylic oxidation sites excluding steroid dienone is 4. The first-order valence-corrected chi connectivity index (χ1v) is 12.4. The van der Waals surface area contributed by atoms with Gasteiger partial charge in [0.15, 0.2) is 0 Å². The molecular weight excluding hydrogens is 420 g/mol. The molecule has 4 rings (SSSR count). The van der Waals surface area contributed by atoms with Gasteiger partial charge in [0.05, 0.1) is 0 Å². The molecule has 0 aliphatic heterocycles. The molecule has 33 heavy (non-hydrogen) atoms. The number of carbonyl (C=O) groups is 3. The zero-order valence-corrected chi connectivity index (χ0v) is 20.9. The number of ether oxygens (including phenoxy) is 3. The predicted octanol–water partition coefficient (Wildman–Crippen LogP) is 5.61. The van der Waals surface area contributed by atoms with E-state index in [1.165, 1.54) is 31.9 Å². The Hall–Kier alpha value is -2.11. The maximum atomic E-state index is 12.2. The molecule has 4 aliphatic rings. The maximum absolute atomic E-state index is 12.2. The Balaban J connectivity index is 1.75. The molecule has 0 unspecified atom stereocenters. The number of rotatable bonds is 3. The second-order valence-electron chi connectivity index (χ2n) is 11.1. The van der Waals surface area contributed by atoms with E-state index < -0.39 is 0 Å². The second kappa shape index (κ2) is 8.59. The monoisotopic (exact) mass is 458 g/mol. The van der Waals surface area contributed by atoms with Crippen molar-refractivity contribution in [1.82, 2.24) is 0 Å². The summed E-state index contributed by atoms with van der Waals surface area (Å²) in [6.07, 6.45) is 7.40. The second-order valence-corrected chi connectivity index (χ2v) is 11.1. The molecule has 3 fully saturated rings. The molecule has 0 aromatic carbocycles. The first kappa shape index (κ1) is 24.0. The van der Waals surface area contributed by atoms with Gasteiger partial charge in [0.25, 0.3) is 0 Å². The van der Waals surface area contributed by atoms with E-state index in [2.05, 4.69) is 13.8 Å². The molecule has 6 atom stereocenters. The Kier molecular flexibility index (Phi) is 6.25. The van der Waals surface area contributed by atoms with E-state index >= 15 is 0 Å². The molecule has 182 valence electrons. The van der Waals surface area contributed by atoms with Gasteiger partial charge in [0, 0.05) is 32.6 Å². The number of hydrogen-bond donors (Lipinski definition) is 0. The average Bonchev–Trinajstić information content (AvgIpc) is 3.03. The van der Waals surface area contributed by atoms with Gasteiger partial charge in [-0.1, -0.05) is 13.8 Å². The van der Waals surface area contributed by atoms with Crippen LogP contribution in [0, 0.1) is 28.6 Å². The molecular formula is C27H38O6. The lowest BCUT2D eigenvalue weighted by Gasteiger charge is -2.57. The third-order valence-electron chi connectivity index (χ3n) is 9.09. The third-order valence-corrected chi connectivity index (χ3v) is 9.09. The summed E-state index contributed by atoms with van der Waals surface area (Å²) >= 11 is 0. The van der Waals surface area contributed by atoms with Gasteiger partial charge in [-0.15, -0.1) is 0 Å². The molecule has 0 radical (unpaired) electrons. The van der Waals surface area contributed by atoms with Crippen LogP contribution in [0.4, 0.5) is 0 Å². The highest BCUT2D eigenvalue weighted by atomic mass is 16.5. The Labute approximate surface area is 197 Å². The lowest BCUT2D eigenvalue weighted by atomic mass is 9.48. The SMILES string of the molecule is CC(=O)OC1=C2[C@H](CC[C@@H]3C[C@H](OC(C)=O)CC[C@]23C)[C@H]2CC/C(=C(/C)OC(C)=O)[C@@]2(C)C1. The normalized spacial score (nSPS) is 39.1. The van der Waals surface area contributed by atoms with Crippen LogP contribution in [-0.4, -0.2) is 24.0 Å². The van der Waals surface area contributed by atoms with Gasteiger partial charge in [-0.05, 0) is 86.2 Å². The number of fused-ring (bicyclic) bond motifs is 5. The van der Waals surface area contributed by atoms with Gasteiger partial charge in [0.2, 0.25) is 0 Å². The molecule has 0 N–H and O–H groups in total. The fraction of sp³-hybridized carbons (Fsp3) is 0.741. The van der Waals surface area contributed by atoms with Crippen LogP contribution >= 0.6 is 0 Å². The van der Waals surface area contributed by atoms with Crippen molar-refractivity contribution in [3.8, 4) is 0 Å². The summed E-state index contributed by atoms with van der Waals surface area (Å²) in [4.78, 5) is 35.4. The molecule has 3 saturated carbocycles. The average molecular weight is 459 g/mol. The summed E-state index contributed by atoms with van der Waals surface area (Å²) < 4.78 is 17.1. The standard InChI is InChI=1S/C27H38O6/c1-15(31-16(2)28)22-9-10-23-21-8-7-19-13-20(32-17(3)29)11-12-26(19,5)25(21)24(33-18(4)30)14-27(22,23)6/h19-21,23H,7-14H2,1-6H3/b22-15+/t19-,20-,21-,23-,26+,27-/m1/s1. The summed E-state index contributed by atoms with van der Waals surface area (Å²) in [5.41, 5.74) is 2.29. The van der Waals surface area contributed by atoms with E-state index in [-0.39, 0.29) is 34.8 Å². The summed E-state index contributed by atoms with van der Waals surface area (Å²) in [6.45, 7) is 10.9. The summed E-state index contributed by atoms with van der Waals surface area (Å²) in [5, 5.41) is 0. The molecule has 0 saturated heterocycles. The van der Waals surface area contributed by atoms with Gasteiger partial charge < -0.3 is 14.2 Å². The van der Waals surface area contributed by atoms with E-state index in [9.17, 15) is 14.4 Å². The first-order valence-electron chi connectivity index (χ1n) is 12.4. The fourth-order valence-corrected chi connectivity index (χ4v) is 7.93. The van der Waals surface area contributed by atoms with E-state index in [1.54, 1.807) is 0 Å². The highest BCUT2D eigenvalue weighted by Crippen LogP contribution is 2.67. The van der Waals surface area contributed by atoms with Crippen LogP contribution in [0.2, 0.25) is 0 Å². The fourth-order valence-electron chi connectivity index (χ4n) is 7.93. The maximum Gasteiger partial charge on any atom is 0.307 e. The van der Waals surface area contributed by atoms with Crippen LogP contribution in [0.3, 0.4) is 0 Å². The van der Waals surface area contributed by atoms with Crippen LogP contribution in [-0.2, 0) is 28.6 Å². The van der Waals surface area contributed by atoms with Gasteiger partial charge >= 0.3 is 17.9 Å². The van der Waals surface area contributed by atoms with Gasteiger partial charge in [-0.2, -0.15) is 0 Å². The zero-order valence-electron chi connectivity index (χ0n) is 20.9. The van der Waals surface area contributed by atoms with Crippen molar-refractivity contribution in [3.05, 3.63) is 22.7 Å². The highest BCUT2D eigenvalue weighted by Gasteiger charge is 2.59. The first-order chi connectivity index (χ1) is 15.5. The molecule has 0 aromatic rings. The van der Waals surface area contributed by atoms with E-state index in [4.69, 9.17) is 14.2 Å². The van der Waals surface area contributed by atoms with Crippen LogP contribution in [0.5, 0.6) is 0 Å². The summed E-state index contributed by atoms with van der Waals surface area (Å²) in [5.74, 6) is 1.97. The molecule has 6 heteroatoms. The number of hydrogen-bond acceptors (Lipinski definition) is 6. The smallest absolute Gasteiger partial charge is 0.307 e. The Morgan fingerprint density at radius 3 is 2.24 bits per heavy atom. The summed E-state index contributed by atoms with van der Waals surface area (Å²) in [7, 11) is 0.